The number of aromatic nitrogens is 2. The van der Waals surface area contributed by atoms with Gasteiger partial charge in [-0.1, -0.05) is 11.8 Å². The molecular formula is C14H14N4O2S2. The van der Waals surface area contributed by atoms with Crippen LogP contribution >= 0.6 is 23.1 Å². The number of aliphatic hydroxyl groups excluding tert-OH is 1. The highest BCUT2D eigenvalue weighted by atomic mass is 32.2. The summed E-state index contributed by atoms with van der Waals surface area (Å²) in [6.07, 6.45) is 3.31. The summed E-state index contributed by atoms with van der Waals surface area (Å²) in [5.41, 5.74) is 0.948. The Bertz CT molecular complexity index is 703. The minimum Gasteiger partial charge on any atom is -0.364 e. The first-order valence-electron chi connectivity index (χ1n) is 6.54. The first-order chi connectivity index (χ1) is 10.6. The van der Waals surface area contributed by atoms with Crippen LogP contribution in [0.4, 0.5) is 5.95 Å². The molecule has 0 aromatic carbocycles. The van der Waals surface area contributed by atoms with Gasteiger partial charge in [-0.05, 0) is 34.5 Å². The highest BCUT2D eigenvalue weighted by Crippen LogP contribution is 2.27. The molecule has 0 bridgehead atoms. The second-order valence-electron chi connectivity index (χ2n) is 4.72. The smallest absolute Gasteiger partial charge is 0.260 e. The van der Waals surface area contributed by atoms with Gasteiger partial charge in [0, 0.05) is 19.8 Å². The van der Waals surface area contributed by atoms with E-state index in [9.17, 15) is 9.90 Å². The lowest BCUT2D eigenvalue weighted by Gasteiger charge is -2.16. The largest absolute Gasteiger partial charge is 0.364 e. The summed E-state index contributed by atoms with van der Waals surface area (Å²) in [5, 5.41) is 15.9. The highest BCUT2D eigenvalue weighted by molar-refractivity contribution is 8.05. The predicted molar refractivity (Wildman–Crippen MR) is 88.2 cm³/mol. The van der Waals surface area contributed by atoms with Crippen LogP contribution in [0.2, 0.25) is 0 Å². The molecule has 0 spiro atoms. The number of nitrogens with one attached hydrogen (secondary N) is 1. The molecule has 114 valence electrons. The van der Waals surface area contributed by atoms with Crippen molar-refractivity contribution >= 4 is 41.0 Å². The maximum Gasteiger partial charge on any atom is 0.260 e. The van der Waals surface area contributed by atoms with Gasteiger partial charge in [0.1, 0.15) is 0 Å². The standard InChI is InChI=1S/C14H14N4O2S2/c1-18(7-9-3-5-21-8-9)13-15-4-2-10(16-13)6-11-12(19)17-14(20)22-11/h2-6,8,14,20H,7H2,1H3,(H,17,19). The zero-order valence-corrected chi connectivity index (χ0v) is 13.4. The van der Waals surface area contributed by atoms with Crippen LogP contribution in [0.25, 0.3) is 6.08 Å². The molecule has 1 unspecified atom stereocenters. The zero-order valence-electron chi connectivity index (χ0n) is 11.8. The Kier molecular flexibility index (Phi) is 4.41. The molecule has 1 aliphatic heterocycles. The van der Waals surface area contributed by atoms with Crippen LogP contribution in [0.5, 0.6) is 0 Å². The van der Waals surface area contributed by atoms with E-state index in [0.29, 0.717) is 16.5 Å². The van der Waals surface area contributed by atoms with E-state index in [1.807, 2.05) is 17.3 Å². The van der Waals surface area contributed by atoms with Gasteiger partial charge in [-0.15, -0.1) is 0 Å². The van der Waals surface area contributed by atoms with Gasteiger partial charge in [-0.3, -0.25) is 4.79 Å². The van der Waals surface area contributed by atoms with E-state index in [2.05, 4.69) is 26.7 Å². The van der Waals surface area contributed by atoms with Crippen molar-refractivity contribution in [1.82, 2.24) is 15.3 Å². The average molecular weight is 334 g/mol. The van der Waals surface area contributed by atoms with E-state index >= 15 is 0 Å². The summed E-state index contributed by atoms with van der Waals surface area (Å²) < 4.78 is 0. The molecule has 2 aromatic rings. The van der Waals surface area contributed by atoms with Gasteiger partial charge >= 0.3 is 0 Å². The lowest BCUT2D eigenvalue weighted by atomic mass is 10.3. The van der Waals surface area contributed by atoms with Crippen molar-refractivity contribution in [1.29, 1.82) is 0 Å². The molecule has 1 saturated heterocycles. The van der Waals surface area contributed by atoms with E-state index in [-0.39, 0.29) is 5.91 Å². The van der Waals surface area contributed by atoms with Crippen molar-refractivity contribution in [3.8, 4) is 0 Å². The summed E-state index contributed by atoms with van der Waals surface area (Å²) in [7, 11) is 1.92. The summed E-state index contributed by atoms with van der Waals surface area (Å²) >= 11 is 2.72. The Labute approximate surface area is 135 Å². The van der Waals surface area contributed by atoms with Crippen LogP contribution in [0, 0.1) is 0 Å². The third-order valence-corrected chi connectivity index (χ3v) is 4.63. The number of hydrogen-bond acceptors (Lipinski definition) is 7. The molecule has 3 rings (SSSR count). The van der Waals surface area contributed by atoms with Gasteiger partial charge in [0.15, 0.2) is 5.56 Å². The number of carbonyl (C=O) groups is 1. The summed E-state index contributed by atoms with van der Waals surface area (Å²) in [5.74, 6) is 0.300. The molecule has 0 saturated carbocycles. The van der Waals surface area contributed by atoms with Crippen molar-refractivity contribution in [2.75, 3.05) is 11.9 Å². The first kappa shape index (κ1) is 15.0. The Balaban J connectivity index is 1.78. The molecule has 6 nitrogen and oxygen atoms in total. The summed E-state index contributed by atoms with van der Waals surface area (Å²) in [4.78, 5) is 22.7. The number of aliphatic hydroxyl groups is 1. The number of nitrogens with zero attached hydrogens (tertiary/aromatic N) is 3. The first-order valence-corrected chi connectivity index (χ1v) is 8.36. The quantitative estimate of drug-likeness (QED) is 0.828. The van der Waals surface area contributed by atoms with Gasteiger partial charge in [-0.25, -0.2) is 9.97 Å². The number of rotatable bonds is 4. The van der Waals surface area contributed by atoms with E-state index < -0.39 is 5.56 Å². The van der Waals surface area contributed by atoms with Crippen LogP contribution in [0.3, 0.4) is 0 Å². The maximum absolute atomic E-state index is 11.6. The Morgan fingerprint density at radius 2 is 2.36 bits per heavy atom. The number of amides is 1. The normalized spacial score (nSPS) is 19.5. The van der Waals surface area contributed by atoms with Crippen LogP contribution in [0.15, 0.2) is 34.0 Å². The maximum atomic E-state index is 11.6. The van der Waals surface area contributed by atoms with Gasteiger partial charge in [-0.2, -0.15) is 11.3 Å². The fourth-order valence-corrected chi connectivity index (χ4v) is 3.39. The van der Waals surface area contributed by atoms with E-state index in [1.54, 1.807) is 29.7 Å². The highest BCUT2D eigenvalue weighted by Gasteiger charge is 2.25. The van der Waals surface area contributed by atoms with Gasteiger partial charge in [0.25, 0.3) is 5.91 Å². The lowest BCUT2D eigenvalue weighted by Crippen LogP contribution is -2.23. The number of thiophene rings is 1. The van der Waals surface area contributed by atoms with Crippen molar-refractivity contribution in [3.05, 3.63) is 45.3 Å². The number of thioether (sulfide) groups is 1. The van der Waals surface area contributed by atoms with Crippen molar-refractivity contribution < 1.29 is 9.90 Å². The second kappa shape index (κ2) is 6.47. The van der Waals surface area contributed by atoms with E-state index in [1.165, 1.54) is 5.56 Å². The molecule has 0 aliphatic carbocycles. The van der Waals surface area contributed by atoms with E-state index in [4.69, 9.17) is 0 Å². The summed E-state index contributed by atoms with van der Waals surface area (Å²) in [6, 6.07) is 3.79. The molecule has 2 N–H and O–H groups in total. The van der Waals surface area contributed by atoms with Crippen LogP contribution in [-0.2, 0) is 11.3 Å². The molecule has 1 fully saturated rings. The predicted octanol–water partition coefficient (Wildman–Crippen LogP) is 1.65. The minimum absolute atomic E-state index is 0.288. The number of hydrogen-bond donors (Lipinski definition) is 2. The van der Waals surface area contributed by atoms with Gasteiger partial charge < -0.3 is 15.3 Å². The fraction of sp³-hybridized carbons (Fsp3) is 0.214. The number of anilines is 1. The molecule has 22 heavy (non-hydrogen) atoms. The van der Waals surface area contributed by atoms with Crippen molar-refractivity contribution in [2.45, 2.75) is 12.1 Å². The third-order valence-electron chi connectivity index (χ3n) is 3.00. The molecule has 0 radical (unpaired) electrons. The zero-order chi connectivity index (χ0) is 15.5. The second-order valence-corrected chi connectivity index (χ2v) is 6.62. The van der Waals surface area contributed by atoms with Gasteiger partial charge in [0.2, 0.25) is 5.95 Å². The van der Waals surface area contributed by atoms with Crippen molar-refractivity contribution in [3.63, 3.8) is 0 Å². The third kappa shape index (κ3) is 3.46. The lowest BCUT2D eigenvalue weighted by molar-refractivity contribution is -0.117. The topological polar surface area (TPSA) is 78.4 Å². The fourth-order valence-electron chi connectivity index (χ4n) is 1.97. The average Bonchev–Trinajstić information content (AvgIpc) is 3.09. The molecular weight excluding hydrogens is 320 g/mol. The molecule has 3 heterocycles. The van der Waals surface area contributed by atoms with Crippen molar-refractivity contribution in [2.24, 2.45) is 0 Å². The van der Waals surface area contributed by atoms with Crippen LogP contribution in [0.1, 0.15) is 11.3 Å². The van der Waals surface area contributed by atoms with Gasteiger partial charge in [0.05, 0.1) is 10.6 Å². The Hall–Kier alpha value is -1.90. The Morgan fingerprint density at radius 3 is 3.05 bits per heavy atom. The van der Waals surface area contributed by atoms with Crippen LogP contribution in [-0.4, -0.2) is 33.6 Å². The molecule has 1 amide bonds. The number of carbonyl (C=O) groups excluding carboxylic acids is 1. The Morgan fingerprint density at radius 1 is 1.50 bits per heavy atom. The SMILES string of the molecule is CN(Cc1ccsc1)c1nccc(C=C2SC(O)NC2=O)n1. The molecule has 8 heteroatoms. The monoisotopic (exact) mass is 334 g/mol. The molecule has 1 aliphatic rings. The molecule has 1 atom stereocenters. The van der Waals surface area contributed by atoms with E-state index in [0.717, 1.165) is 18.3 Å². The minimum atomic E-state index is -0.888. The molecule has 2 aromatic heterocycles. The summed E-state index contributed by atoms with van der Waals surface area (Å²) in [6.45, 7) is 0.720. The van der Waals surface area contributed by atoms with Crippen LogP contribution < -0.4 is 10.2 Å².